The molecule has 1 N–H and O–H groups in total. The van der Waals surface area contributed by atoms with Crippen molar-refractivity contribution in [1.82, 2.24) is 14.5 Å². The van der Waals surface area contributed by atoms with Crippen LogP contribution in [0.3, 0.4) is 0 Å². The van der Waals surface area contributed by atoms with Gasteiger partial charge in [-0.2, -0.15) is 0 Å². The number of sulfonamides is 1. The van der Waals surface area contributed by atoms with Gasteiger partial charge in [-0.15, -0.1) is 0 Å². The maximum atomic E-state index is 12.2. The first-order chi connectivity index (χ1) is 11.0. The number of likely N-dealkylation sites (tertiary alicyclic amines) is 1. The predicted octanol–water partition coefficient (Wildman–Crippen LogP) is 1.04. The van der Waals surface area contributed by atoms with Crippen molar-refractivity contribution in [2.75, 3.05) is 45.5 Å². The number of amides is 1. The lowest BCUT2D eigenvalue weighted by Crippen LogP contribution is -2.45. The first kappa shape index (κ1) is 18.7. The molecule has 6 nitrogen and oxygen atoms in total. The normalized spacial score (nSPS) is 25.0. The van der Waals surface area contributed by atoms with Crippen molar-refractivity contribution >= 4 is 15.9 Å². The summed E-state index contributed by atoms with van der Waals surface area (Å²) in [5.74, 6) is -0.189. The molecule has 1 atom stereocenters. The van der Waals surface area contributed by atoms with E-state index in [9.17, 15) is 13.2 Å². The molecule has 23 heavy (non-hydrogen) atoms. The summed E-state index contributed by atoms with van der Waals surface area (Å²) in [4.78, 5) is 14.7. The Labute approximate surface area is 140 Å². The van der Waals surface area contributed by atoms with Crippen LogP contribution < -0.4 is 5.32 Å². The molecule has 0 unspecified atom stereocenters. The monoisotopic (exact) mass is 345 g/mol. The second-order valence-corrected chi connectivity index (χ2v) is 8.84. The van der Waals surface area contributed by atoms with Gasteiger partial charge in [-0.3, -0.25) is 4.79 Å². The van der Waals surface area contributed by atoms with Crippen LogP contribution >= 0.6 is 0 Å². The third-order valence-electron chi connectivity index (χ3n) is 4.87. The molecular formula is C16H31N3O3S. The Morgan fingerprint density at radius 1 is 1.09 bits per heavy atom. The highest BCUT2D eigenvalue weighted by Crippen LogP contribution is 2.18. The van der Waals surface area contributed by atoms with Gasteiger partial charge in [0.25, 0.3) is 0 Å². The van der Waals surface area contributed by atoms with Crippen molar-refractivity contribution < 1.29 is 13.2 Å². The van der Waals surface area contributed by atoms with E-state index in [-0.39, 0.29) is 11.8 Å². The SMILES string of the molecule is CS(=O)(=O)N1CCC[C@@H](C(=O)NCCCN2CCCCCC2)C1. The molecule has 0 aromatic heterocycles. The van der Waals surface area contributed by atoms with Crippen molar-refractivity contribution in [3.05, 3.63) is 0 Å². The van der Waals surface area contributed by atoms with Crippen molar-refractivity contribution in [2.45, 2.75) is 44.9 Å². The lowest BCUT2D eigenvalue weighted by molar-refractivity contribution is -0.126. The van der Waals surface area contributed by atoms with Crippen LogP contribution in [-0.4, -0.2) is 69.1 Å². The molecule has 0 aliphatic carbocycles. The van der Waals surface area contributed by atoms with Gasteiger partial charge in [-0.1, -0.05) is 12.8 Å². The van der Waals surface area contributed by atoms with Crippen molar-refractivity contribution in [1.29, 1.82) is 0 Å². The smallest absolute Gasteiger partial charge is 0.224 e. The number of hydrogen-bond acceptors (Lipinski definition) is 4. The Bertz CT molecular complexity index is 473. The number of hydrogen-bond donors (Lipinski definition) is 1. The number of rotatable bonds is 6. The van der Waals surface area contributed by atoms with E-state index in [0.29, 0.717) is 19.6 Å². The largest absolute Gasteiger partial charge is 0.356 e. The van der Waals surface area contributed by atoms with Crippen LogP contribution in [0.2, 0.25) is 0 Å². The highest BCUT2D eigenvalue weighted by atomic mass is 32.2. The summed E-state index contributed by atoms with van der Waals surface area (Å²) in [5, 5.41) is 2.99. The summed E-state index contributed by atoms with van der Waals surface area (Å²) < 4.78 is 24.6. The highest BCUT2D eigenvalue weighted by molar-refractivity contribution is 7.88. The highest BCUT2D eigenvalue weighted by Gasteiger charge is 2.29. The van der Waals surface area contributed by atoms with Gasteiger partial charge in [-0.25, -0.2) is 12.7 Å². The van der Waals surface area contributed by atoms with Crippen molar-refractivity contribution in [3.8, 4) is 0 Å². The molecule has 0 radical (unpaired) electrons. The summed E-state index contributed by atoms with van der Waals surface area (Å²) in [6.45, 7) is 4.96. The number of piperidine rings is 1. The van der Waals surface area contributed by atoms with Crippen LogP contribution in [0.1, 0.15) is 44.9 Å². The van der Waals surface area contributed by atoms with Crippen LogP contribution in [0.4, 0.5) is 0 Å². The van der Waals surface area contributed by atoms with Gasteiger partial charge in [0.15, 0.2) is 0 Å². The molecule has 2 rings (SSSR count). The summed E-state index contributed by atoms with van der Waals surface area (Å²) in [6.07, 6.45) is 8.98. The topological polar surface area (TPSA) is 69.7 Å². The zero-order valence-electron chi connectivity index (χ0n) is 14.3. The third kappa shape index (κ3) is 6.39. The van der Waals surface area contributed by atoms with Crippen LogP contribution in [0, 0.1) is 5.92 Å². The van der Waals surface area contributed by atoms with Crippen molar-refractivity contribution in [2.24, 2.45) is 5.92 Å². The second-order valence-electron chi connectivity index (χ2n) is 6.86. The van der Waals surface area contributed by atoms with Gasteiger partial charge in [0.1, 0.15) is 0 Å². The molecular weight excluding hydrogens is 314 g/mol. The molecule has 0 saturated carbocycles. The van der Waals surface area contributed by atoms with E-state index in [4.69, 9.17) is 0 Å². The van der Waals surface area contributed by atoms with Gasteiger partial charge in [-0.05, 0) is 51.7 Å². The van der Waals surface area contributed by atoms with Crippen LogP contribution in [0.25, 0.3) is 0 Å². The Morgan fingerprint density at radius 3 is 2.43 bits per heavy atom. The first-order valence-electron chi connectivity index (χ1n) is 8.92. The fraction of sp³-hybridized carbons (Fsp3) is 0.938. The van der Waals surface area contributed by atoms with Gasteiger partial charge in [0, 0.05) is 19.6 Å². The molecule has 0 aromatic rings. The molecule has 0 bridgehead atoms. The molecule has 2 saturated heterocycles. The lowest BCUT2D eigenvalue weighted by atomic mass is 9.99. The van der Waals surface area contributed by atoms with Gasteiger partial charge >= 0.3 is 0 Å². The molecule has 2 aliphatic heterocycles. The Hall–Kier alpha value is -0.660. The van der Waals surface area contributed by atoms with E-state index in [1.54, 1.807) is 0 Å². The van der Waals surface area contributed by atoms with Crippen LogP contribution in [0.5, 0.6) is 0 Å². The summed E-state index contributed by atoms with van der Waals surface area (Å²) >= 11 is 0. The third-order valence-corrected chi connectivity index (χ3v) is 6.14. The summed E-state index contributed by atoms with van der Waals surface area (Å²) in [6, 6.07) is 0. The molecule has 2 heterocycles. The number of nitrogens with zero attached hydrogens (tertiary/aromatic N) is 2. The van der Waals surface area contributed by atoms with Crippen LogP contribution in [0.15, 0.2) is 0 Å². The maximum absolute atomic E-state index is 12.2. The number of nitrogens with one attached hydrogen (secondary N) is 1. The molecule has 0 spiro atoms. The van der Waals surface area contributed by atoms with Crippen molar-refractivity contribution in [3.63, 3.8) is 0 Å². The minimum absolute atomic E-state index is 0.00853. The van der Waals surface area contributed by atoms with E-state index in [1.807, 2.05) is 0 Å². The lowest BCUT2D eigenvalue weighted by Gasteiger charge is -2.30. The van der Waals surface area contributed by atoms with E-state index in [1.165, 1.54) is 49.3 Å². The van der Waals surface area contributed by atoms with Crippen LogP contribution in [-0.2, 0) is 14.8 Å². The minimum atomic E-state index is -3.19. The summed E-state index contributed by atoms with van der Waals surface area (Å²) in [7, 11) is -3.19. The van der Waals surface area contributed by atoms with E-state index in [2.05, 4.69) is 10.2 Å². The average molecular weight is 346 g/mol. The quantitative estimate of drug-likeness (QED) is 0.730. The number of carbonyl (C=O) groups excluding carboxylic acids is 1. The molecule has 7 heteroatoms. The zero-order valence-corrected chi connectivity index (χ0v) is 15.1. The number of carbonyl (C=O) groups is 1. The molecule has 2 aliphatic rings. The van der Waals surface area contributed by atoms with Gasteiger partial charge in [0.05, 0.1) is 12.2 Å². The predicted molar refractivity (Wildman–Crippen MR) is 91.7 cm³/mol. The standard InChI is InChI=1S/C16H31N3O3S/c1-23(21,22)19-13-6-8-15(14-19)16(20)17-9-7-12-18-10-4-2-3-5-11-18/h15H,2-14H2,1H3,(H,17,20)/t15-/m1/s1. The molecule has 0 aromatic carbocycles. The fourth-order valence-corrected chi connectivity index (χ4v) is 4.39. The summed E-state index contributed by atoms with van der Waals surface area (Å²) in [5.41, 5.74) is 0. The van der Waals surface area contributed by atoms with Gasteiger partial charge in [0.2, 0.25) is 15.9 Å². The van der Waals surface area contributed by atoms with Gasteiger partial charge < -0.3 is 10.2 Å². The molecule has 1 amide bonds. The van der Waals surface area contributed by atoms with E-state index < -0.39 is 10.0 Å². The second kappa shape index (κ2) is 8.99. The van der Waals surface area contributed by atoms with E-state index >= 15 is 0 Å². The Balaban J connectivity index is 1.66. The Kier molecular flexibility index (Phi) is 7.30. The fourth-order valence-electron chi connectivity index (χ4n) is 3.48. The average Bonchev–Trinajstić information content (AvgIpc) is 2.79. The zero-order chi connectivity index (χ0) is 16.7. The maximum Gasteiger partial charge on any atom is 0.224 e. The minimum Gasteiger partial charge on any atom is -0.356 e. The first-order valence-corrected chi connectivity index (χ1v) is 10.8. The molecule has 2 fully saturated rings. The molecule has 134 valence electrons. The Morgan fingerprint density at radius 2 is 1.78 bits per heavy atom. The van der Waals surface area contributed by atoms with E-state index in [0.717, 1.165) is 25.8 Å².